The van der Waals surface area contributed by atoms with Gasteiger partial charge in [0.25, 0.3) is 0 Å². The Morgan fingerprint density at radius 1 is 1.23 bits per heavy atom. The van der Waals surface area contributed by atoms with Crippen molar-refractivity contribution in [2.24, 2.45) is 0 Å². The van der Waals surface area contributed by atoms with Crippen molar-refractivity contribution in [3.63, 3.8) is 0 Å². The Bertz CT molecular complexity index is 942. The van der Waals surface area contributed by atoms with Crippen molar-refractivity contribution in [3.8, 4) is 11.6 Å². The van der Waals surface area contributed by atoms with Crippen molar-refractivity contribution in [1.29, 1.82) is 0 Å². The number of aromatic hydroxyl groups is 1. The van der Waals surface area contributed by atoms with Crippen LogP contribution in [-0.2, 0) is 13.1 Å². The van der Waals surface area contributed by atoms with E-state index in [-0.39, 0.29) is 24.7 Å². The Morgan fingerprint density at radius 2 is 2.08 bits per heavy atom. The maximum absolute atomic E-state index is 13.4. The molecular weight excluding hydrogens is 365 g/mol. The SMILES string of the molecule is Oc1ccc2c(n1)CN(Cc1cccc3ccsc13)C[C@@H](C(F)(F)F)O2. The summed E-state index contributed by atoms with van der Waals surface area (Å²) in [6, 6.07) is 10.4. The van der Waals surface area contributed by atoms with Gasteiger partial charge < -0.3 is 9.84 Å². The standard InChI is InChI=1S/C18H15F3N2O2S/c19-18(20,21)15-10-23(9-13-14(25-15)4-5-16(24)22-13)8-12-3-1-2-11-6-7-26-17(11)12/h1-7,15H,8-10H2,(H,22,24)/t15-/m0/s1. The first-order valence-corrected chi connectivity index (χ1v) is 8.88. The summed E-state index contributed by atoms with van der Waals surface area (Å²) < 4.78 is 46.4. The van der Waals surface area contributed by atoms with E-state index < -0.39 is 12.3 Å². The third kappa shape index (κ3) is 3.34. The van der Waals surface area contributed by atoms with Crippen LogP contribution in [-0.4, -0.2) is 33.8 Å². The van der Waals surface area contributed by atoms with E-state index in [4.69, 9.17) is 4.74 Å². The Labute approximate surface area is 151 Å². The lowest BCUT2D eigenvalue weighted by molar-refractivity contribution is -0.198. The average molecular weight is 380 g/mol. The second kappa shape index (κ2) is 6.44. The topological polar surface area (TPSA) is 45.6 Å². The van der Waals surface area contributed by atoms with Crippen LogP contribution < -0.4 is 4.74 Å². The summed E-state index contributed by atoms with van der Waals surface area (Å²) in [6.07, 6.45) is -6.44. The first-order chi connectivity index (χ1) is 12.4. The van der Waals surface area contributed by atoms with Gasteiger partial charge in [-0.05, 0) is 28.5 Å². The van der Waals surface area contributed by atoms with Gasteiger partial charge in [0, 0.05) is 30.4 Å². The molecule has 3 aromatic rings. The third-order valence-corrected chi connectivity index (χ3v) is 5.31. The second-order valence-corrected chi connectivity index (χ2v) is 7.10. The van der Waals surface area contributed by atoms with Gasteiger partial charge in [0.2, 0.25) is 12.0 Å². The van der Waals surface area contributed by atoms with E-state index in [0.717, 1.165) is 15.6 Å². The summed E-state index contributed by atoms with van der Waals surface area (Å²) >= 11 is 1.57. The molecule has 4 nitrogen and oxygen atoms in total. The Balaban J connectivity index is 1.69. The van der Waals surface area contributed by atoms with Gasteiger partial charge in [0.1, 0.15) is 11.4 Å². The Hall–Kier alpha value is -2.32. The third-order valence-electron chi connectivity index (χ3n) is 4.30. The minimum Gasteiger partial charge on any atom is -0.493 e. The molecule has 0 spiro atoms. The molecule has 0 amide bonds. The van der Waals surface area contributed by atoms with Gasteiger partial charge in [-0.1, -0.05) is 18.2 Å². The number of hydrogen-bond acceptors (Lipinski definition) is 5. The molecule has 0 bridgehead atoms. The fourth-order valence-corrected chi connectivity index (χ4v) is 4.02. The molecule has 0 unspecified atom stereocenters. The van der Waals surface area contributed by atoms with E-state index in [1.165, 1.54) is 12.1 Å². The van der Waals surface area contributed by atoms with Crippen molar-refractivity contribution < 1.29 is 23.0 Å². The van der Waals surface area contributed by atoms with Crippen LogP contribution in [0.1, 0.15) is 11.3 Å². The first-order valence-electron chi connectivity index (χ1n) is 8.00. The number of alkyl halides is 3. The minimum absolute atomic E-state index is 0.0574. The highest BCUT2D eigenvalue weighted by atomic mass is 32.1. The number of ether oxygens (including phenoxy) is 1. The molecule has 0 saturated carbocycles. The van der Waals surface area contributed by atoms with Gasteiger partial charge in [0.05, 0.1) is 0 Å². The number of benzene rings is 1. The zero-order valence-corrected chi connectivity index (χ0v) is 14.3. The summed E-state index contributed by atoms with van der Waals surface area (Å²) in [4.78, 5) is 5.62. The quantitative estimate of drug-likeness (QED) is 0.719. The molecule has 136 valence electrons. The highest BCUT2D eigenvalue weighted by molar-refractivity contribution is 7.17. The van der Waals surface area contributed by atoms with Gasteiger partial charge in [-0.2, -0.15) is 13.2 Å². The number of fused-ring (bicyclic) bond motifs is 2. The predicted octanol–water partition coefficient (Wildman–Crippen LogP) is 4.33. The number of pyridine rings is 1. The van der Waals surface area contributed by atoms with Crippen LogP contribution in [0.2, 0.25) is 0 Å². The Kier molecular flexibility index (Phi) is 4.24. The normalized spacial score (nSPS) is 18.3. The summed E-state index contributed by atoms with van der Waals surface area (Å²) in [5.41, 5.74) is 1.26. The molecule has 8 heteroatoms. The summed E-state index contributed by atoms with van der Waals surface area (Å²) in [5, 5.41) is 12.6. The second-order valence-electron chi connectivity index (χ2n) is 6.19. The van der Waals surface area contributed by atoms with Crippen LogP contribution in [0.5, 0.6) is 11.6 Å². The smallest absolute Gasteiger partial charge is 0.426 e. The fourth-order valence-electron chi connectivity index (χ4n) is 3.11. The lowest BCUT2D eigenvalue weighted by Crippen LogP contribution is -2.42. The molecule has 1 aliphatic heterocycles. The molecular formula is C18H15F3N2O2S. The lowest BCUT2D eigenvalue weighted by atomic mass is 10.1. The van der Waals surface area contributed by atoms with E-state index >= 15 is 0 Å². The van der Waals surface area contributed by atoms with E-state index in [0.29, 0.717) is 12.2 Å². The van der Waals surface area contributed by atoms with Gasteiger partial charge in [-0.15, -0.1) is 11.3 Å². The van der Waals surface area contributed by atoms with Crippen LogP contribution >= 0.6 is 11.3 Å². The van der Waals surface area contributed by atoms with Crippen molar-refractivity contribution in [2.75, 3.05) is 6.54 Å². The van der Waals surface area contributed by atoms with Crippen LogP contribution in [0.15, 0.2) is 41.8 Å². The Morgan fingerprint density at radius 3 is 2.88 bits per heavy atom. The van der Waals surface area contributed by atoms with Crippen LogP contribution in [0.3, 0.4) is 0 Å². The summed E-state index contributed by atoms with van der Waals surface area (Å²) in [7, 11) is 0. The number of thiophene rings is 1. The molecule has 1 aromatic carbocycles. The molecule has 1 atom stereocenters. The maximum Gasteiger partial charge on any atom is 0.426 e. The molecule has 26 heavy (non-hydrogen) atoms. The zero-order valence-electron chi connectivity index (χ0n) is 13.5. The minimum atomic E-state index is -4.49. The summed E-state index contributed by atoms with van der Waals surface area (Å²) in [6.45, 7) is 0.199. The van der Waals surface area contributed by atoms with E-state index in [1.54, 1.807) is 16.2 Å². The van der Waals surface area contributed by atoms with Gasteiger partial charge in [-0.3, -0.25) is 4.90 Å². The van der Waals surface area contributed by atoms with Gasteiger partial charge >= 0.3 is 6.18 Å². The van der Waals surface area contributed by atoms with Crippen molar-refractivity contribution in [3.05, 3.63) is 53.0 Å². The molecule has 0 fully saturated rings. The van der Waals surface area contributed by atoms with Crippen molar-refractivity contribution in [1.82, 2.24) is 9.88 Å². The number of rotatable bonds is 2. The van der Waals surface area contributed by atoms with Gasteiger partial charge in [0.15, 0.2) is 0 Å². The molecule has 2 aromatic heterocycles. The molecule has 4 rings (SSSR count). The fraction of sp³-hybridized carbons (Fsp3) is 0.278. The molecule has 0 saturated heterocycles. The highest BCUT2D eigenvalue weighted by Gasteiger charge is 2.44. The molecule has 0 aliphatic carbocycles. The maximum atomic E-state index is 13.4. The van der Waals surface area contributed by atoms with E-state index in [9.17, 15) is 18.3 Å². The summed E-state index contributed by atoms with van der Waals surface area (Å²) in [5.74, 6) is -0.180. The van der Waals surface area contributed by atoms with Gasteiger partial charge in [-0.25, -0.2) is 4.98 Å². The largest absolute Gasteiger partial charge is 0.493 e. The monoisotopic (exact) mass is 380 g/mol. The molecule has 1 aliphatic rings. The number of nitrogens with zero attached hydrogens (tertiary/aromatic N) is 2. The number of halogens is 3. The molecule has 1 N–H and O–H groups in total. The first kappa shape index (κ1) is 17.1. The van der Waals surface area contributed by atoms with E-state index in [2.05, 4.69) is 4.98 Å². The van der Waals surface area contributed by atoms with Crippen LogP contribution in [0.4, 0.5) is 13.2 Å². The molecule has 0 radical (unpaired) electrons. The number of aromatic nitrogens is 1. The van der Waals surface area contributed by atoms with Crippen LogP contribution in [0, 0.1) is 0 Å². The predicted molar refractivity (Wildman–Crippen MR) is 92.3 cm³/mol. The highest BCUT2D eigenvalue weighted by Crippen LogP contribution is 2.33. The lowest BCUT2D eigenvalue weighted by Gasteiger charge is -2.25. The average Bonchev–Trinajstić information content (AvgIpc) is 2.97. The number of hydrogen-bond donors (Lipinski definition) is 1. The van der Waals surface area contributed by atoms with Crippen molar-refractivity contribution in [2.45, 2.75) is 25.4 Å². The van der Waals surface area contributed by atoms with Crippen LogP contribution in [0.25, 0.3) is 10.1 Å². The van der Waals surface area contributed by atoms with E-state index in [1.807, 2.05) is 29.6 Å². The molecule has 3 heterocycles. The van der Waals surface area contributed by atoms with Crippen molar-refractivity contribution >= 4 is 21.4 Å². The zero-order chi connectivity index (χ0) is 18.3.